The third-order valence-electron chi connectivity index (χ3n) is 4.26. The third-order valence-corrected chi connectivity index (χ3v) is 4.26. The van der Waals surface area contributed by atoms with Gasteiger partial charge in [-0.15, -0.1) is 0 Å². The lowest BCUT2D eigenvalue weighted by Crippen LogP contribution is -2.55. The summed E-state index contributed by atoms with van der Waals surface area (Å²) in [6, 6.07) is 16.1. The highest BCUT2D eigenvalue weighted by Gasteiger charge is 2.45. The number of rotatable bonds is 7. The first-order valence-electron chi connectivity index (χ1n) is 8.20. The molecule has 0 amide bonds. The molecule has 2 aromatic rings. The lowest BCUT2D eigenvalue weighted by molar-refractivity contribution is -0.166. The van der Waals surface area contributed by atoms with E-state index in [1.54, 1.807) is 61.5 Å². The predicted molar refractivity (Wildman–Crippen MR) is 94.9 cm³/mol. The van der Waals surface area contributed by atoms with Crippen LogP contribution < -0.4 is 5.73 Å². The first-order chi connectivity index (χ1) is 11.9. The van der Waals surface area contributed by atoms with Gasteiger partial charge in [0.25, 0.3) is 0 Å². The number of carbonyl (C=O) groups excluding carboxylic acids is 2. The smallest absolute Gasteiger partial charge is 0.303 e. The van der Waals surface area contributed by atoms with Gasteiger partial charge in [-0.2, -0.15) is 0 Å². The number of Topliss-reactive ketones (excluding diaryl/α,β-unsaturated/α-hetero) is 1. The number of carbonyl (C=O) groups is 2. The summed E-state index contributed by atoms with van der Waals surface area (Å²) in [6.45, 7) is 2.98. The van der Waals surface area contributed by atoms with Gasteiger partial charge in [-0.3, -0.25) is 9.59 Å². The molecule has 5 heteroatoms. The van der Waals surface area contributed by atoms with Crippen molar-refractivity contribution in [3.8, 4) is 0 Å². The molecule has 0 heterocycles. The van der Waals surface area contributed by atoms with Gasteiger partial charge in [-0.25, -0.2) is 0 Å². The molecule has 0 saturated heterocycles. The van der Waals surface area contributed by atoms with Crippen LogP contribution in [0.2, 0.25) is 0 Å². The Morgan fingerprint density at radius 1 is 1.08 bits per heavy atom. The standard InChI is InChI=1S/C20H23NO4/c1-3-20(24,16-12-8-5-9-13-16)19(25-14(2)22)17(21)18(23)15-10-6-4-7-11-15/h4-13,17,19,24H,3,21H2,1-2H3. The maximum absolute atomic E-state index is 12.7. The normalized spacial score (nSPS) is 15.7. The molecule has 0 spiro atoms. The minimum absolute atomic E-state index is 0.227. The number of esters is 1. The Labute approximate surface area is 147 Å². The molecule has 0 fully saturated rings. The zero-order chi connectivity index (χ0) is 18.4. The Balaban J connectivity index is 2.43. The second-order valence-electron chi connectivity index (χ2n) is 5.93. The largest absolute Gasteiger partial charge is 0.457 e. The van der Waals surface area contributed by atoms with E-state index in [-0.39, 0.29) is 6.42 Å². The maximum atomic E-state index is 12.7. The Hall–Kier alpha value is -2.50. The quantitative estimate of drug-likeness (QED) is 0.596. The van der Waals surface area contributed by atoms with Gasteiger partial charge in [0, 0.05) is 12.5 Å². The molecule has 2 rings (SSSR count). The number of nitrogens with two attached hydrogens (primary N) is 1. The maximum Gasteiger partial charge on any atom is 0.303 e. The van der Waals surface area contributed by atoms with Gasteiger partial charge in [-0.1, -0.05) is 67.6 Å². The number of ketones is 1. The summed E-state index contributed by atoms with van der Waals surface area (Å²) in [6.07, 6.45) is -0.977. The van der Waals surface area contributed by atoms with Crippen LogP contribution in [0.1, 0.15) is 36.2 Å². The molecular formula is C20H23NO4. The molecule has 5 nitrogen and oxygen atoms in total. The zero-order valence-electron chi connectivity index (χ0n) is 14.4. The van der Waals surface area contributed by atoms with Gasteiger partial charge in [-0.05, 0) is 12.0 Å². The van der Waals surface area contributed by atoms with Gasteiger partial charge >= 0.3 is 5.97 Å². The van der Waals surface area contributed by atoms with Crippen molar-refractivity contribution >= 4 is 11.8 Å². The van der Waals surface area contributed by atoms with E-state index in [2.05, 4.69) is 0 Å². The van der Waals surface area contributed by atoms with Crippen LogP contribution in [0.5, 0.6) is 0 Å². The second-order valence-corrected chi connectivity index (χ2v) is 5.93. The fourth-order valence-electron chi connectivity index (χ4n) is 2.88. The van der Waals surface area contributed by atoms with E-state index in [0.29, 0.717) is 11.1 Å². The molecule has 3 N–H and O–H groups in total. The van der Waals surface area contributed by atoms with Crippen molar-refractivity contribution in [1.29, 1.82) is 0 Å². The van der Waals surface area contributed by atoms with E-state index in [1.165, 1.54) is 6.92 Å². The number of hydrogen-bond donors (Lipinski definition) is 2. The highest BCUT2D eigenvalue weighted by Crippen LogP contribution is 2.33. The van der Waals surface area contributed by atoms with Crippen LogP contribution in [-0.2, 0) is 15.1 Å². The summed E-state index contributed by atoms with van der Waals surface area (Å²) in [5.41, 5.74) is 5.52. The molecule has 0 aliphatic carbocycles. The molecular weight excluding hydrogens is 318 g/mol. The average Bonchev–Trinajstić information content (AvgIpc) is 2.65. The second kappa shape index (κ2) is 8.05. The molecule has 0 radical (unpaired) electrons. The van der Waals surface area contributed by atoms with Crippen LogP contribution in [0.15, 0.2) is 60.7 Å². The van der Waals surface area contributed by atoms with Crippen molar-refractivity contribution in [3.05, 3.63) is 71.8 Å². The van der Waals surface area contributed by atoms with E-state index >= 15 is 0 Å². The highest BCUT2D eigenvalue weighted by molar-refractivity contribution is 6.00. The Bertz CT molecular complexity index is 717. The lowest BCUT2D eigenvalue weighted by Gasteiger charge is -2.37. The Morgan fingerprint density at radius 3 is 2.08 bits per heavy atom. The van der Waals surface area contributed by atoms with Crippen LogP contribution in [0.3, 0.4) is 0 Å². The molecule has 0 aromatic heterocycles. The summed E-state index contributed by atoms with van der Waals surface area (Å²) < 4.78 is 5.33. The predicted octanol–water partition coefficient (Wildman–Crippen LogP) is 2.43. The van der Waals surface area contributed by atoms with Crippen molar-refractivity contribution in [2.45, 2.75) is 38.0 Å². The number of hydrogen-bond acceptors (Lipinski definition) is 5. The van der Waals surface area contributed by atoms with Gasteiger partial charge < -0.3 is 15.6 Å². The lowest BCUT2D eigenvalue weighted by atomic mass is 9.80. The van der Waals surface area contributed by atoms with E-state index in [1.807, 2.05) is 6.07 Å². The molecule has 3 atom stereocenters. The minimum Gasteiger partial charge on any atom is -0.457 e. The van der Waals surface area contributed by atoms with E-state index in [4.69, 9.17) is 10.5 Å². The first kappa shape index (κ1) is 18.8. The molecule has 2 aromatic carbocycles. The summed E-state index contributed by atoms with van der Waals surface area (Å²) in [7, 11) is 0. The summed E-state index contributed by atoms with van der Waals surface area (Å²) in [5.74, 6) is -1.00. The molecule has 0 aliphatic heterocycles. The van der Waals surface area contributed by atoms with Crippen molar-refractivity contribution in [1.82, 2.24) is 0 Å². The molecule has 132 valence electrons. The molecule has 25 heavy (non-hydrogen) atoms. The number of benzene rings is 2. The minimum atomic E-state index is -1.57. The van der Waals surface area contributed by atoms with Gasteiger partial charge in [0.2, 0.25) is 0 Å². The molecule has 3 unspecified atom stereocenters. The summed E-state index contributed by atoms with van der Waals surface area (Å²) in [5, 5.41) is 11.3. The van der Waals surface area contributed by atoms with Gasteiger partial charge in [0.05, 0.1) is 0 Å². The van der Waals surface area contributed by atoms with Crippen LogP contribution in [0.25, 0.3) is 0 Å². The fraction of sp³-hybridized carbons (Fsp3) is 0.300. The Kier molecular flexibility index (Phi) is 6.07. The van der Waals surface area contributed by atoms with Crippen LogP contribution in [-0.4, -0.2) is 29.0 Å². The van der Waals surface area contributed by atoms with Gasteiger partial charge in [0.1, 0.15) is 11.6 Å². The van der Waals surface area contributed by atoms with Crippen molar-refractivity contribution in [2.75, 3.05) is 0 Å². The number of aliphatic hydroxyl groups is 1. The monoisotopic (exact) mass is 341 g/mol. The highest BCUT2D eigenvalue weighted by atomic mass is 16.6. The SMILES string of the molecule is CCC(O)(c1ccccc1)C(OC(C)=O)C(N)C(=O)c1ccccc1. The summed E-state index contributed by atoms with van der Waals surface area (Å²) >= 11 is 0. The van der Waals surface area contributed by atoms with Gasteiger partial charge in [0.15, 0.2) is 11.9 Å². The van der Waals surface area contributed by atoms with E-state index in [0.717, 1.165) is 0 Å². The number of ether oxygens (including phenoxy) is 1. The van der Waals surface area contributed by atoms with Crippen molar-refractivity contribution in [2.24, 2.45) is 5.73 Å². The van der Waals surface area contributed by atoms with E-state index in [9.17, 15) is 14.7 Å². The Morgan fingerprint density at radius 2 is 1.60 bits per heavy atom. The topological polar surface area (TPSA) is 89.6 Å². The first-order valence-corrected chi connectivity index (χ1v) is 8.20. The molecule has 0 saturated carbocycles. The van der Waals surface area contributed by atoms with Crippen molar-refractivity contribution < 1.29 is 19.4 Å². The average molecular weight is 341 g/mol. The van der Waals surface area contributed by atoms with E-state index < -0.39 is 29.5 Å². The van der Waals surface area contributed by atoms with Crippen molar-refractivity contribution in [3.63, 3.8) is 0 Å². The van der Waals surface area contributed by atoms with Crippen LogP contribution in [0.4, 0.5) is 0 Å². The van der Waals surface area contributed by atoms with Crippen LogP contribution in [0, 0.1) is 0 Å². The summed E-state index contributed by atoms with van der Waals surface area (Å²) in [4.78, 5) is 24.3. The van der Waals surface area contributed by atoms with Crippen LogP contribution >= 0.6 is 0 Å². The molecule has 0 aliphatic rings. The third kappa shape index (κ3) is 4.13. The fourth-order valence-corrected chi connectivity index (χ4v) is 2.88. The zero-order valence-corrected chi connectivity index (χ0v) is 14.4. The molecule has 0 bridgehead atoms.